The number of anilines is 1. The molecule has 0 bridgehead atoms. The second-order valence-electron chi connectivity index (χ2n) is 5.31. The van der Waals surface area contributed by atoms with Crippen LogP contribution >= 0.6 is 11.3 Å². The molecule has 0 radical (unpaired) electrons. The van der Waals surface area contributed by atoms with Crippen molar-refractivity contribution >= 4 is 28.1 Å². The van der Waals surface area contributed by atoms with Crippen LogP contribution in [0.25, 0.3) is 11.3 Å². The molecule has 1 aromatic heterocycles. The van der Waals surface area contributed by atoms with Crippen LogP contribution < -0.4 is 5.32 Å². The second-order valence-corrected chi connectivity index (χ2v) is 6.17. The van der Waals surface area contributed by atoms with Crippen molar-refractivity contribution in [2.24, 2.45) is 5.92 Å². The summed E-state index contributed by atoms with van der Waals surface area (Å²) in [6.45, 7) is 0. The highest BCUT2D eigenvalue weighted by molar-refractivity contribution is 7.14. The lowest BCUT2D eigenvalue weighted by Gasteiger charge is -2.07. The van der Waals surface area contributed by atoms with Gasteiger partial charge in [0, 0.05) is 29.0 Å². The number of nitrogens with zero attached hydrogens (tertiary/aromatic N) is 2. The molecule has 2 aromatic rings. The summed E-state index contributed by atoms with van der Waals surface area (Å²) >= 11 is 1.37. The topological polar surface area (TPSA) is 85.1 Å². The highest BCUT2D eigenvalue weighted by Gasteiger charge is 2.23. The van der Waals surface area contributed by atoms with E-state index in [1.54, 1.807) is 12.1 Å². The fraction of sp³-hybridized carbons (Fsp3) is 0.333. The zero-order valence-corrected chi connectivity index (χ0v) is 12.6. The van der Waals surface area contributed by atoms with Gasteiger partial charge in [-0.2, -0.15) is 0 Å². The number of hydrogen-bond acceptors (Lipinski definition) is 5. The smallest absolute Gasteiger partial charge is 0.269 e. The molecule has 0 spiro atoms. The summed E-state index contributed by atoms with van der Waals surface area (Å²) < 4.78 is 0. The maximum absolute atomic E-state index is 12.1. The van der Waals surface area contributed by atoms with Crippen LogP contribution in [0.4, 0.5) is 10.8 Å². The third-order valence-electron chi connectivity index (χ3n) is 3.83. The Morgan fingerprint density at radius 2 is 1.95 bits per heavy atom. The van der Waals surface area contributed by atoms with Gasteiger partial charge in [0.1, 0.15) is 0 Å². The first-order valence-corrected chi connectivity index (χ1v) is 8.02. The fourth-order valence-electron chi connectivity index (χ4n) is 2.61. The first kappa shape index (κ1) is 14.6. The van der Waals surface area contributed by atoms with Crippen LogP contribution in [0.5, 0.6) is 0 Å². The van der Waals surface area contributed by atoms with Gasteiger partial charge >= 0.3 is 0 Å². The number of thiazole rings is 1. The van der Waals surface area contributed by atoms with Crippen molar-refractivity contribution in [3.05, 3.63) is 39.8 Å². The molecule has 1 fully saturated rings. The lowest BCUT2D eigenvalue weighted by molar-refractivity contribution is -0.384. The molecular formula is C15H15N3O3S. The average molecular weight is 317 g/mol. The molecule has 7 heteroatoms. The minimum Gasteiger partial charge on any atom is -0.302 e. The standard InChI is InChI=1S/C15H15N3O3S/c19-14(11-3-1-2-4-11)17-15-16-13(9-22-15)10-5-7-12(8-6-10)18(20)21/h5-9,11H,1-4H2,(H,16,17,19). The van der Waals surface area contributed by atoms with E-state index in [1.807, 2.05) is 5.38 Å². The number of nitro groups is 1. The lowest BCUT2D eigenvalue weighted by Crippen LogP contribution is -2.20. The first-order chi connectivity index (χ1) is 10.6. The molecule has 1 aromatic carbocycles. The Kier molecular flexibility index (Phi) is 4.15. The van der Waals surface area contributed by atoms with Crippen molar-refractivity contribution in [2.75, 3.05) is 5.32 Å². The number of nitro benzene ring substituents is 1. The molecule has 0 unspecified atom stereocenters. The highest BCUT2D eigenvalue weighted by atomic mass is 32.1. The SMILES string of the molecule is O=C(Nc1nc(-c2ccc([N+](=O)[O-])cc2)cs1)C1CCCC1. The van der Waals surface area contributed by atoms with Crippen molar-refractivity contribution < 1.29 is 9.72 Å². The van der Waals surface area contributed by atoms with E-state index in [0.717, 1.165) is 31.2 Å². The van der Waals surface area contributed by atoms with E-state index in [1.165, 1.54) is 23.5 Å². The molecule has 6 nitrogen and oxygen atoms in total. The normalized spacial score (nSPS) is 14.9. The van der Waals surface area contributed by atoms with E-state index in [2.05, 4.69) is 10.3 Å². The maximum Gasteiger partial charge on any atom is 0.269 e. The van der Waals surface area contributed by atoms with Gasteiger partial charge in [-0.1, -0.05) is 12.8 Å². The quantitative estimate of drug-likeness (QED) is 0.685. The summed E-state index contributed by atoms with van der Waals surface area (Å²) in [7, 11) is 0. The van der Waals surface area contributed by atoms with Crippen molar-refractivity contribution in [1.82, 2.24) is 4.98 Å². The Hall–Kier alpha value is -2.28. The van der Waals surface area contributed by atoms with Crippen LogP contribution in [0.1, 0.15) is 25.7 Å². The van der Waals surface area contributed by atoms with Gasteiger partial charge in [0.2, 0.25) is 5.91 Å². The molecule has 1 amide bonds. The number of rotatable bonds is 4. The molecule has 1 aliphatic rings. The molecule has 3 rings (SSSR count). The zero-order valence-electron chi connectivity index (χ0n) is 11.8. The number of carbonyl (C=O) groups excluding carboxylic acids is 1. The Morgan fingerprint density at radius 1 is 1.27 bits per heavy atom. The molecule has 22 heavy (non-hydrogen) atoms. The number of amides is 1. The average Bonchev–Trinajstić information content (AvgIpc) is 3.19. The number of aromatic nitrogens is 1. The Morgan fingerprint density at radius 3 is 2.59 bits per heavy atom. The van der Waals surface area contributed by atoms with Gasteiger partial charge < -0.3 is 5.32 Å². The molecule has 1 saturated carbocycles. The van der Waals surface area contributed by atoms with Crippen LogP contribution in [-0.2, 0) is 4.79 Å². The van der Waals surface area contributed by atoms with Crippen molar-refractivity contribution in [1.29, 1.82) is 0 Å². The van der Waals surface area contributed by atoms with Gasteiger partial charge in [-0.05, 0) is 25.0 Å². The Balaban J connectivity index is 1.70. The molecule has 114 valence electrons. The van der Waals surface area contributed by atoms with Crippen molar-refractivity contribution in [3.63, 3.8) is 0 Å². The molecule has 1 heterocycles. The second kappa shape index (κ2) is 6.23. The van der Waals surface area contributed by atoms with Gasteiger partial charge in [0.05, 0.1) is 10.6 Å². The number of nitrogens with one attached hydrogen (secondary N) is 1. The summed E-state index contributed by atoms with van der Waals surface area (Å²) in [6, 6.07) is 6.22. The predicted octanol–water partition coefficient (Wildman–Crippen LogP) is 3.85. The largest absolute Gasteiger partial charge is 0.302 e. The molecule has 1 aliphatic carbocycles. The van der Waals surface area contributed by atoms with Gasteiger partial charge in [0.15, 0.2) is 5.13 Å². The van der Waals surface area contributed by atoms with Crippen LogP contribution in [-0.4, -0.2) is 15.8 Å². The molecule has 0 atom stereocenters. The molecule has 1 N–H and O–H groups in total. The third-order valence-corrected chi connectivity index (χ3v) is 4.59. The number of non-ortho nitro benzene ring substituents is 1. The lowest BCUT2D eigenvalue weighted by atomic mass is 10.1. The summed E-state index contributed by atoms with van der Waals surface area (Å²) in [5.41, 5.74) is 1.55. The highest BCUT2D eigenvalue weighted by Crippen LogP contribution is 2.29. The summed E-state index contributed by atoms with van der Waals surface area (Å²) in [5, 5.41) is 15.9. The van der Waals surface area contributed by atoms with Crippen LogP contribution in [0.15, 0.2) is 29.6 Å². The van der Waals surface area contributed by atoms with Gasteiger partial charge in [-0.25, -0.2) is 4.98 Å². The fourth-order valence-corrected chi connectivity index (χ4v) is 3.34. The molecule has 0 aliphatic heterocycles. The van der Waals surface area contributed by atoms with Gasteiger partial charge in [-0.15, -0.1) is 11.3 Å². The van der Waals surface area contributed by atoms with Crippen molar-refractivity contribution in [3.8, 4) is 11.3 Å². The van der Waals surface area contributed by atoms with E-state index in [9.17, 15) is 14.9 Å². The van der Waals surface area contributed by atoms with Gasteiger partial charge in [-0.3, -0.25) is 14.9 Å². The van der Waals surface area contributed by atoms with E-state index in [4.69, 9.17) is 0 Å². The minimum atomic E-state index is -0.432. The summed E-state index contributed by atoms with van der Waals surface area (Å²) in [4.78, 5) is 26.7. The van der Waals surface area contributed by atoms with Crippen LogP contribution in [0.3, 0.4) is 0 Å². The zero-order chi connectivity index (χ0) is 15.5. The number of hydrogen-bond donors (Lipinski definition) is 1. The van der Waals surface area contributed by atoms with Crippen LogP contribution in [0.2, 0.25) is 0 Å². The Bertz CT molecular complexity index is 690. The third kappa shape index (κ3) is 3.14. The van der Waals surface area contributed by atoms with Crippen molar-refractivity contribution in [2.45, 2.75) is 25.7 Å². The molecular weight excluding hydrogens is 302 g/mol. The van der Waals surface area contributed by atoms with E-state index < -0.39 is 4.92 Å². The number of carbonyl (C=O) groups is 1. The maximum atomic E-state index is 12.1. The summed E-state index contributed by atoms with van der Waals surface area (Å²) in [6.07, 6.45) is 4.13. The van der Waals surface area contributed by atoms with E-state index in [-0.39, 0.29) is 17.5 Å². The minimum absolute atomic E-state index is 0.0436. The van der Waals surface area contributed by atoms with E-state index in [0.29, 0.717) is 10.8 Å². The predicted molar refractivity (Wildman–Crippen MR) is 84.8 cm³/mol. The van der Waals surface area contributed by atoms with E-state index >= 15 is 0 Å². The van der Waals surface area contributed by atoms with Gasteiger partial charge in [0.25, 0.3) is 5.69 Å². The van der Waals surface area contributed by atoms with Crippen LogP contribution in [0, 0.1) is 16.0 Å². The Labute approximate surface area is 131 Å². The molecule has 0 saturated heterocycles. The first-order valence-electron chi connectivity index (χ1n) is 7.15. The summed E-state index contributed by atoms with van der Waals surface area (Å²) in [5.74, 6) is 0.147. The monoisotopic (exact) mass is 317 g/mol. The number of benzene rings is 1.